The van der Waals surface area contributed by atoms with Gasteiger partial charge in [-0.1, -0.05) is 0 Å². The average molecular weight is 312 g/mol. The van der Waals surface area contributed by atoms with Gasteiger partial charge in [0.15, 0.2) is 0 Å². The van der Waals surface area contributed by atoms with Gasteiger partial charge in [-0.15, -0.1) is 10.2 Å². The number of halogens is 1. The first-order valence-electron chi connectivity index (χ1n) is 7.03. The van der Waals surface area contributed by atoms with Crippen molar-refractivity contribution < 1.29 is 9.37 Å². The maximum Gasteiger partial charge on any atom is 0.254 e. The summed E-state index contributed by atoms with van der Waals surface area (Å²) in [7, 11) is 0. The third-order valence-corrected chi connectivity index (χ3v) is 3.50. The number of nitrogens with zero attached hydrogens (tertiary/aromatic N) is 6. The van der Waals surface area contributed by atoms with E-state index in [0.29, 0.717) is 23.0 Å². The molecule has 0 radical (unpaired) electrons. The summed E-state index contributed by atoms with van der Waals surface area (Å²) in [6.07, 6.45) is 0. The SMILES string of the molecule is Cc1nnc(-c2cc(F)cc(-c3nnc(C)c(C)n3)[nH+]2)nc1C. The predicted molar refractivity (Wildman–Crippen MR) is 79.5 cm³/mol. The van der Waals surface area contributed by atoms with Crippen LogP contribution >= 0.6 is 0 Å². The molecule has 23 heavy (non-hydrogen) atoms. The van der Waals surface area contributed by atoms with Crippen LogP contribution in [0.2, 0.25) is 0 Å². The number of aryl methyl sites for hydroxylation is 4. The molecule has 0 unspecified atom stereocenters. The zero-order chi connectivity index (χ0) is 16.6. The molecular weight excluding hydrogens is 297 g/mol. The Kier molecular flexibility index (Phi) is 3.73. The van der Waals surface area contributed by atoms with E-state index in [2.05, 4.69) is 35.3 Å². The molecule has 7 nitrogen and oxygen atoms in total. The van der Waals surface area contributed by atoms with E-state index in [4.69, 9.17) is 0 Å². The van der Waals surface area contributed by atoms with Crippen LogP contribution in [0.5, 0.6) is 0 Å². The van der Waals surface area contributed by atoms with Gasteiger partial charge in [0.1, 0.15) is 5.82 Å². The van der Waals surface area contributed by atoms with Crippen molar-refractivity contribution >= 4 is 0 Å². The van der Waals surface area contributed by atoms with Crippen LogP contribution in [0.3, 0.4) is 0 Å². The number of hydrogen-bond donors (Lipinski definition) is 0. The van der Waals surface area contributed by atoms with Crippen LogP contribution in [0.4, 0.5) is 4.39 Å². The molecule has 0 aromatic carbocycles. The first kappa shape index (κ1) is 15.0. The third-order valence-electron chi connectivity index (χ3n) is 3.50. The molecule has 0 aliphatic rings. The molecule has 3 heterocycles. The minimum atomic E-state index is -0.447. The van der Waals surface area contributed by atoms with Gasteiger partial charge < -0.3 is 0 Å². The smallest absolute Gasteiger partial charge is 0.225 e. The van der Waals surface area contributed by atoms with Crippen LogP contribution in [0.1, 0.15) is 22.8 Å². The summed E-state index contributed by atoms with van der Waals surface area (Å²) in [5.41, 5.74) is 3.73. The van der Waals surface area contributed by atoms with E-state index in [1.807, 2.05) is 27.7 Å². The van der Waals surface area contributed by atoms with Crippen molar-refractivity contribution in [1.29, 1.82) is 0 Å². The summed E-state index contributed by atoms with van der Waals surface area (Å²) in [5.74, 6) is 0.175. The van der Waals surface area contributed by atoms with Crippen molar-refractivity contribution in [3.8, 4) is 23.0 Å². The lowest BCUT2D eigenvalue weighted by Crippen LogP contribution is -2.16. The Labute approximate surface area is 132 Å². The number of hydrogen-bond acceptors (Lipinski definition) is 6. The summed E-state index contributed by atoms with van der Waals surface area (Å²) in [4.78, 5) is 11.7. The van der Waals surface area contributed by atoms with Gasteiger partial charge in [-0.3, -0.25) is 0 Å². The minimum absolute atomic E-state index is 0.311. The molecule has 3 rings (SSSR count). The number of aromatic amines is 1. The van der Waals surface area contributed by atoms with E-state index in [9.17, 15) is 4.39 Å². The van der Waals surface area contributed by atoms with Crippen LogP contribution in [-0.2, 0) is 0 Å². The molecule has 116 valence electrons. The van der Waals surface area contributed by atoms with E-state index >= 15 is 0 Å². The van der Waals surface area contributed by atoms with Crippen LogP contribution in [0, 0.1) is 33.5 Å². The zero-order valence-electron chi connectivity index (χ0n) is 13.2. The summed E-state index contributed by atoms with van der Waals surface area (Å²) < 4.78 is 14.0. The number of aromatic nitrogens is 7. The van der Waals surface area contributed by atoms with Crippen LogP contribution < -0.4 is 4.98 Å². The Morgan fingerprint density at radius 3 is 1.52 bits per heavy atom. The molecule has 3 aromatic rings. The summed E-state index contributed by atoms with van der Waals surface area (Å²) in [6.45, 7) is 7.27. The van der Waals surface area contributed by atoms with Crippen LogP contribution in [0.15, 0.2) is 12.1 Å². The van der Waals surface area contributed by atoms with Crippen molar-refractivity contribution in [2.75, 3.05) is 0 Å². The van der Waals surface area contributed by atoms with Gasteiger partial charge in [0.25, 0.3) is 11.4 Å². The summed E-state index contributed by atoms with van der Waals surface area (Å²) >= 11 is 0. The standard InChI is InChI=1S/C15H14FN7/c1-7-9(3)20-22-14(17-7)12-5-11(16)6-13(19-12)15-18-8(2)10(4)21-23-15/h5-6H,1-4H3/p+1. The molecule has 8 heteroatoms. The second kappa shape index (κ2) is 5.71. The maximum absolute atomic E-state index is 14.0. The number of H-pyrrole nitrogens is 1. The average Bonchev–Trinajstić information content (AvgIpc) is 2.52. The van der Waals surface area contributed by atoms with Crippen molar-refractivity contribution in [1.82, 2.24) is 30.4 Å². The quantitative estimate of drug-likeness (QED) is 0.713. The molecule has 0 saturated heterocycles. The Morgan fingerprint density at radius 1 is 0.696 bits per heavy atom. The Morgan fingerprint density at radius 2 is 1.13 bits per heavy atom. The number of rotatable bonds is 2. The molecule has 0 bridgehead atoms. The van der Waals surface area contributed by atoms with Crippen molar-refractivity contribution in [2.24, 2.45) is 0 Å². The monoisotopic (exact) mass is 312 g/mol. The zero-order valence-corrected chi connectivity index (χ0v) is 13.2. The van der Waals surface area contributed by atoms with E-state index in [1.165, 1.54) is 12.1 Å². The lowest BCUT2D eigenvalue weighted by Gasteiger charge is -2.01. The largest absolute Gasteiger partial charge is 0.254 e. The number of pyridine rings is 1. The number of nitrogens with one attached hydrogen (secondary N) is 1. The minimum Gasteiger partial charge on any atom is -0.225 e. The highest BCUT2D eigenvalue weighted by atomic mass is 19.1. The van der Waals surface area contributed by atoms with Gasteiger partial charge >= 0.3 is 0 Å². The lowest BCUT2D eigenvalue weighted by atomic mass is 10.2. The predicted octanol–water partition coefficient (Wildman–Crippen LogP) is 1.58. The topological polar surface area (TPSA) is 91.5 Å². The fourth-order valence-electron chi connectivity index (χ4n) is 1.92. The Bertz CT molecular complexity index is 825. The molecule has 0 amide bonds. The third kappa shape index (κ3) is 3.01. The maximum atomic E-state index is 14.0. The van der Waals surface area contributed by atoms with Gasteiger partial charge in [-0.05, 0) is 27.7 Å². The van der Waals surface area contributed by atoms with Gasteiger partial charge in [0.05, 0.1) is 22.8 Å². The van der Waals surface area contributed by atoms with Crippen molar-refractivity contribution in [3.63, 3.8) is 0 Å². The van der Waals surface area contributed by atoms with E-state index in [-0.39, 0.29) is 0 Å². The van der Waals surface area contributed by atoms with Crippen molar-refractivity contribution in [3.05, 3.63) is 40.7 Å². The van der Waals surface area contributed by atoms with Crippen molar-refractivity contribution in [2.45, 2.75) is 27.7 Å². The van der Waals surface area contributed by atoms with Gasteiger partial charge in [0, 0.05) is 12.1 Å². The summed E-state index contributed by atoms with van der Waals surface area (Å²) in [5, 5.41) is 16.0. The summed E-state index contributed by atoms with van der Waals surface area (Å²) in [6, 6.07) is 2.62. The van der Waals surface area contributed by atoms with Gasteiger partial charge in [-0.2, -0.15) is 15.2 Å². The first-order chi connectivity index (χ1) is 10.9. The Hall–Kier alpha value is -2.90. The fraction of sp³-hybridized carbons (Fsp3) is 0.267. The van der Waals surface area contributed by atoms with Gasteiger partial charge in [-0.25, -0.2) is 14.4 Å². The van der Waals surface area contributed by atoms with E-state index < -0.39 is 5.82 Å². The van der Waals surface area contributed by atoms with Crippen LogP contribution in [0.25, 0.3) is 23.0 Å². The second-order valence-electron chi connectivity index (χ2n) is 5.24. The molecule has 1 N–H and O–H groups in total. The molecule has 0 aliphatic carbocycles. The normalized spacial score (nSPS) is 10.8. The molecule has 0 aliphatic heterocycles. The lowest BCUT2D eigenvalue weighted by molar-refractivity contribution is -0.352. The molecular formula is C15H15FN7+. The van der Waals surface area contributed by atoms with E-state index in [1.54, 1.807) is 0 Å². The molecule has 0 spiro atoms. The molecule has 0 fully saturated rings. The second-order valence-corrected chi connectivity index (χ2v) is 5.24. The fourth-order valence-corrected chi connectivity index (χ4v) is 1.92. The molecule has 0 atom stereocenters. The Balaban J connectivity index is 2.11. The highest BCUT2D eigenvalue weighted by Gasteiger charge is 2.19. The van der Waals surface area contributed by atoms with E-state index in [0.717, 1.165) is 22.8 Å². The molecule has 3 aromatic heterocycles. The van der Waals surface area contributed by atoms with Gasteiger partial charge in [0.2, 0.25) is 11.6 Å². The molecule has 0 saturated carbocycles. The highest BCUT2D eigenvalue weighted by Crippen LogP contribution is 2.16. The highest BCUT2D eigenvalue weighted by molar-refractivity contribution is 5.50. The van der Waals surface area contributed by atoms with Crippen LogP contribution in [-0.4, -0.2) is 30.4 Å². The first-order valence-corrected chi connectivity index (χ1v) is 7.03.